The lowest BCUT2D eigenvalue weighted by molar-refractivity contribution is -0.139. The highest BCUT2D eigenvalue weighted by atomic mass is 16.5. The molecule has 2 rings (SSSR count). The second-order valence-corrected chi connectivity index (χ2v) is 6.36. The van der Waals surface area contributed by atoms with Crippen LogP contribution in [0.1, 0.15) is 43.5 Å². The van der Waals surface area contributed by atoms with Crippen molar-refractivity contribution in [2.24, 2.45) is 11.3 Å². The van der Waals surface area contributed by atoms with Gasteiger partial charge in [0.05, 0.1) is 13.0 Å². The molecule has 0 spiro atoms. The molecule has 0 bridgehead atoms. The fourth-order valence-corrected chi connectivity index (χ4v) is 2.74. The number of methoxy groups -OCH3 is 1. The Kier molecular flexibility index (Phi) is 4.26. The average molecular weight is 288 g/mol. The van der Waals surface area contributed by atoms with Crippen molar-refractivity contribution < 1.29 is 19.1 Å². The zero-order chi connectivity index (χ0) is 15.6. The van der Waals surface area contributed by atoms with Crippen molar-refractivity contribution >= 4 is 17.3 Å². The largest absolute Gasteiger partial charge is 0.497 e. The first-order valence-electron chi connectivity index (χ1n) is 7.05. The van der Waals surface area contributed by atoms with E-state index < -0.39 is 5.92 Å². The van der Waals surface area contributed by atoms with Gasteiger partial charge in [-0.2, -0.15) is 0 Å². The van der Waals surface area contributed by atoms with Crippen molar-refractivity contribution in [2.45, 2.75) is 33.1 Å². The van der Waals surface area contributed by atoms with Crippen molar-refractivity contribution in [2.75, 3.05) is 7.11 Å². The summed E-state index contributed by atoms with van der Waals surface area (Å²) < 4.78 is 5.04. The maximum atomic E-state index is 12.2. The lowest BCUT2D eigenvalue weighted by Gasteiger charge is -2.31. The molecule has 0 amide bonds. The molecule has 1 fully saturated rings. The van der Waals surface area contributed by atoms with Crippen LogP contribution in [0.3, 0.4) is 0 Å². The van der Waals surface area contributed by atoms with Gasteiger partial charge in [0, 0.05) is 24.8 Å². The number of Topliss-reactive ketones (excluding diaryl/α,β-unsaturated/α-hetero) is 3. The summed E-state index contributed by atoms with van der Waals surface area (Å²) in [5, 5.41) is 0. The van der Waals surface area contributed by atoms with Crippen LogP contribution < -0.4 is 4.74 Å². The predicted molar refractivity (Wildman–Crippen MR) is 78.5 cm³/mol. The van der Waals surface area contributed by atoms with Crippen LogP contribution in [-0.2, 0) is 9.59 Å². The minimum Gasteiger partial charge on any atom is -0.497 e. The zero-order valence-corrected chi connectivity index (χ0v) is 12.6. The molecular formula is C17H20O4. The molecule has 0 unspecified atom stereocenters. The smallest absolute Gasteiger partial charge is 0.164 e. The van der Waals surface area contributed by atoms with Crippen molar-refractivity contribution in [1.82, 2.24) is 0 Å². The summed E-state index contributed by atoms with van der Waals surface area (Å²) in [7, 11) is 1.55. The van der Waals surface area contributed by atoms with Crippen LogP contribution in [0.4, 0.5) is 0 Å². The summed E-state index contributed by atoms with van der Waals surface area (Å²) in [5.74, 6) is -0.508. The normalized spacial score (nSPS) is 18.6. The first-order chi connectivity index (χ1) is 9.82. The van der Waals surface area contributed by atoms with Gasteiger partial charge in [-0.25, -0.2) is 0 Å². The van der Waals surface area contributed by atoms with Gasteiger partial charge >= 0.3 is 0 Å². The molecule has 0 radical (unpaired) electrons. The Morgan fingerprint density at radius 1 is 1.14 bits per heavy atom. The van der Waals surface area contributed by atoms with Crippen LogP contribution >= 0.6 is 0 Å². The molecule has 0 atom stereocenters. The summed E-state index contributed by atoms with van der Waals surface area (Å²) in [5.41, 5.74) is 0.217. The van der Waals surface area contributed by atoms with E-state index in [1.165, 1.54) is 0 Å². The third-order valence-corrected chi connectivity index (χ3v) is 3.88. The number of ether oxygens (including phenoxy) is 1. The molecule has 0 N–H and O–H groups in total. The van der Waals surface area contributed by atoms with Gasteiger partial charge in [0.15, 0.2) is 5.78 Å². The van der Waals surface area contributed by atoms with Gasteiger partial charge in [0.2, 0.25) is 0 Å². The zero-order valence-electron chi connectivity index (χ0n) is 12.6. The highest BCUT2D eigenvalue weighted by Gasteiger charge is 2.40. The van der Waals surface area contributed by atoms with Crippen LogP contribution in [0.25, 0.3) is 0 Å². The molecule has 1 saturated carbocycles. The van der Waals surface area contributed by atoms with Crippen molar-refractivity contribution in [3.05, 3.63) is 29.8 Å². The first kappa shape index (κ1) is 15.4. The first-order valence-corrected chi connectivity index (χ1v) is 7.05. The fourth-order valence-electron chi connectivity index (χ4n) is 2.74. The maximum Gasteiger partial charge on any atom is 0.164 e. The summed E-state index contributed by atoms with van der Waals surface area (Å²) in [6.45, 7) is 3.81. The topological polar surface area (TPSA) is 60.4 Å². The molecule has 1 aromatic carbocycles. The second kappa shape index (κ2) is 5.80. The standard InChI is InChI=1S/C17H20O4/c1-17(2)9-15(19)13(16(20)10-17)8-14(18)11-4-6-12(21-3)7-5-11/h4-7,13H,8-10H2,1-3H3. The molecule has 1 aliphatic carbocycles. The third kappa shape index (κ3) is 3.57. The van der Waals surface area contributed by atoms with E-state index in [-0.39, 0.29) is 29.2 Å². The van der Waals surface area contributed by atoms with Gasteiger partial charge < -0.3 is 4.74 Å². The van der Waals surface area contributed by atoms with Gasteiger partial charge in [-0.3, -0.25) is 14.4 Å². The molecule has 0 aliphatic heterocycles. The molecule has 0 heterocycles. The van der Waals surface area contributed by atoms with Gasteiger partial charge in [0.1, 0.15) is 17.3 Å². The second-order valence-electron chi connectivity index (χ2n) is 6.36. The number of hydrogen-bond donors (Lipinski definition) is 0. The highest BCUT2D eigenvalue weighted by Crippen LogP contribution is 2.35. The monoisotopic (exact) mass is 288 g/mol. The van der Waals surface area contributed by atoms with E-state index in [2.05, 4.69) is 0 Å². The number of carbonyl (C=O) groups is 3. The molecule has 1 aliphatic rings. The Bertz CT molecular complexity index is 549. The van der Waals surface area contributed by atoms with E-state index in [1.54, 1.807) is 31.4 Å². The van der Waals surface area contributed by atoms with E-state index in [0.29, 0.717) is 24.2 Å². The molecule has 4 heteroatoms. The molecule has 0 aromatic heterocycles. The van der Waals surface area contributed by atoms with Gasteiger partial charge in [0.25, 0.3) is 0 Å². The van der Waals surface area contributed by atoms with Crippen LogP contribution in [0.15, 0.2) is 24.3 Å². The van der Waals surface area contributed by atoms with Gasteiger partial charge in [-0.05, 0) is 29.7 Å². The Hall–Kier alpha value is -1.97. The molecule has 0 saturated heterocycles. The Labute approximate surface area is 124 Å². The quantitative estimate of drug-likeness (QED) is 0.631. The van der Waals surface area contributed by atoms with Crippen molar-refractivity contribution in [1.29, 1.82) is 0 Å². The Balaban J connectivity index is 2.08. The van der Waals surface area contributed by atoms with E-state index in [4.69, 9.17) is 4.74 Å². The minimum absolute atomic E-state index is 0.0277. The van der Waals surface area contributed by atoms with Crippen LogP contribution in [0, 0.1) is 11.3 Å². The van der Waals surface area contributed by atoms with E-state index in [9.17, 15) is 14.4 Å². The van der Waals surface area contributed by atoms with Crippen LogP contribution in [-0.4, -0.2) is 24.5 Å². The van der Waals surface area contributed by atoms with E-state index >= 15 is 0 Å². The lowest BCUT2D eigenvalue weighted by atomic mass is 9.70. The number of carbonyl (C=O) groups excluding carboxylic acids is 3. The number of benzene rings is 1. The lowest BCUT2D eigenvalue weighted by Crippen LogP contribution is -2.38. The summed E-state index contributed by atoms with van der Waals surface area (Å²) in [4.78, 5) is 36.4. The van der Waals surface area contributed by atoms with E-state index in [1.807, 2.05) is 13.8 Å². The van der Waals surface area contributed by atoms with Gasteiger partial charge in [-0.1, -0.05) is 13.8 Å². The number of ketones is 3. The summed E-state index contributed by atoms with van der Waals surface area (Å²) >= 11 is 0. The van der Waals surface area contributed by atoms with Crippen molar-refractivity contribution in [3.8, 4) is 5.75 Å². The Morgan fingerprint density at radius 3 is 2.14 bits per heavy atom. The van der Waals surface area contributed by atoms with Gasteiger partial charge in [-0.15, -0.1) is 0 Å². The molecular weight excluding hydrogens is 268 g/mol. The molecule has 4 nitrogen and oxygen atoms in total. The molecule has 21 heavy (non-hydrogen) atoms. The average Bonchev–Trinajstić information content (AvgIpc) is 2.41. The molecule has 1 aromatic rings. The fraction of sp³-hybridized carbons (Fsp3) is 0.471. The number of rotatable bonds is 4. The predicted octanol–water partition coefficient (Wildman–Crippen LogP) is 2.84. The Morgan fingerprint density at radius 2 is 1.67 bits per heavy atom. The molecule has 112 valence electrons. The highest BCUT2D eigenvalue weighted by molar-refractivity contribution is 6.10. The minimum atomic E-state index is -0.771. The third-order valence-electron chi connectivity index (χ3n) is 3.88. The maximum absolute atomic E-state index is 12.2. The van der Waals surface area contributed by atoms with E-state index in [0.717, 1.165) is 0 Å². The SMILES string of the molecule is COc1ccc(C(=O)CC2C(=O)CC(C)(C)CC2=O)cc1. The summed E-state index contributed by atoms with van der Waals surface area (Å²) in [6.07, 6.45) is 0.693. The number of hydrogen-bond acceptors (Lipinski definition) is 4. The van der Waals surface area contributed by atoms with Crippen LogP contribution in [0.2, 0.25) is 0 Å². The summed E-state index contributed by atoms with van der Waals surface area (Å²) in [6, 6.07) is 6.70. The van der Waals surface area contributed by atoms with Crippen LogP contribution in [0.5, 0.6) is 5.75 Å². The van der Waals surface area contributed by atoms with Crippen molar-refractivity contribution in [3.63, 3.8) is 0 Å².